The second-order valence-electron chi connectivity index (χ2n) is 6.03. The number of carbonyl (C=O) groups excluding carboxylic acids is 2. The lowest BCUT2D eigenvalue weighted by Gasteiger charge is -2.31. The van der Waals surface area contributed by atoms with Crippen LogP contribution in [-0.2, 0) is 11.8 Å². The van der Waals surface area contributed by atoms with Crippen LogP contribution in [0, 0.1) is 13.8 Å². The highest BCUT2D eigenvalue weighted by molar-refractivity contribution is 5.98. The molecule has 1 aliphatic rings. The van der Waals surface area contributed by atoms with Crippen LogP contribution >= 0.6 is 0 Å². The van der Waals surface area contributed by atoms with Crippen molar-refractivity contribution in [3.63, 3.8) is 0 Å². The number of rotatable bonds is 5. The lowest BCUT2D eigenvalue weighted by molar-refractivity contribution is -0.903. The molecule has 136 valence electrons. The van der Waals surface area contributed by atoms with Crippen molar-refractivity contribution in [1.82, 2.24) is 14.7 Å². The van der Waals surface area contributed by atoms with Crippen molar-refractivity contribution in [1.29, 1.82) is 0 Å². The first-order chi connectivity index (χ1) is 10.9. The molecule has 1 amide bonds. The number of nitrogens with zero attached hydrogens (tertiary/aromatic N) is 3. The van der Waals surface area contributed by atoms with Crippen LogP contribution in [0.5, 0.6) is 0 Å². The topological polar surface area (TPSA) is 68.9 Å². The van der Waals surface area contributed by atoms with Crippen LogP contribution in [0.15, 0.2) is 0 Å². The second-order valence-corrected chi connectivity index (χ2v) is 6.03. The molecule has 1 N–H and O–H groups in total. The summed E-state index contributed by atoms with van der Waals surface area (Å²) in [5.41, 5.74) is 2.49. The third-order valence-corrected chi connectivity index (χ3v) is 4.49. The molecule has 0 spiro atoms. The van der Waals surface area contributed by atoms with Crippen LogP contribution in [0.2, 0.25) is 0 Å². The Morgan fingerprint density at radius 1 is 1.25 bits per heavy atom. The predicted molar refractivity (Wildman–Crippen MR) is 85.8 cm³/mol. The number of aromatic nitrogens is 2. The molecule has 2 heterocycles. The molecule has 0 aromatic carbocycles. The van der Waals surface area contributed by atoms with Gasteiger partial charge in [-0.2, -0.15) is 5.10 Å². The summed E-state index contributed by atoms with van der Waals surface area (Å²) in [6.07, 6.45) is 0.284. The molecule has 1 saturated heterocycles. The van der Waals surface area contributed by atoms with E-state index in [2.05, 4.69) is 5.10 Å². The maximum Gasteiger partial charge on any atom is 0.410 e. The summed E-state index contributed by atoms with van der Waals surface area (Å²) >= 11 is 0. The molecule has 1 aromatic rings. The van der Waals surface area contributed by atoms with E-state index in [0.717, 1.165) is 36.6 Å². The van der Waals surface area contributed by atoms with E-state index in [1.807, 2.05) is 27.8 Å². The molecule has 1 aliphatic heterocycles. The van der Waals surface area contributed by atoms with Gasteiger partial charge in [-0.3, -0.25) is 14.4 Å². The van der Waals surface area contributed by atoms with E-state index in [9.17, 15) is 9.59 Å². The lowest BCUT2D eigenvalue weighted by atomic mass is 10.1. The fourth-order valence-electron chi connectivity index (χ4n) is 3.06. The summed E-state index contributed by atoms with van der Waals surface area (Å²) in [4.78, 5) is 27.2. The Balaban J connectivity index is 0.00000288. The van der Waals surface area contributed by atoms with Crippen molar-refractivity contribution in [2.24, 2.45) is 7.05 Å². The summed E-state index contributed by atoms with van der Waals surface area (Å²) in [6.45, 7) is 9.92. The highest BCUT2D eigenvalue weighted by Gasteiger charge is 2.25. The van der Waals surface area contributed by atoms with E-state index >= 15 is 0 Å². The number of carbonyl (C=O) groups is 2. The maximum atomic E-state index is 12.4. The number of aryl methyl sites for hydroxylation is 2. The van der Waals surface area contributed by atoms with Gasteiger partial charge in [0.25, 0.3) is 0 Å². The van der Waals surface area contributed by atoms with Gasteiger partial charge in [-0.1, -0.05) is 0 Å². The Kier molecular flexibility index (Phi) is 7.69. The van der Waals surface area contributed by atoms with Crippen molar-refractivity contribution in [2.75, 3.05) is 39.3 Å². The van der Waals surface area contributed by atoms with Gasteiger partial charge in [0.2, 0.25) is 0 Å². The van der Waals surface area contributed by atoms with Gasteiger partial charge in [0.1, 0.15) is 0 Å². The van der Waals surface area contributed by atoms with Gasteiger partial charge in [0.15, 0.2) is 5.78 Å². The minimum atomic E-state index is -0.232. The third kappa shape index (κ3) is 4.70. The number of amides is 1. The zero-order valence-corrected chi connectivity index (χ0v) is 15.7. The summed E-state index contributed by atoms with van der Waals surface area (Å²) in [5, 5.41) is 4.30. The van der Waals surface area contributed by atoms with Crippen molar-refractivity contribution in [2.45, 2.75) is 27.2 Å². The Hall–Kier alpha value is -1.60. The van der Waals surface area contributed by atoms with E-state index in [4.69, 9.17) is 4.74 Å². The molecule has 1 aromatic heterocycles. The molecule has 0 atom stereocenters. The minimum absolute atomic E-state index is 0. The second kappa shape index (κ2) is 9.03. The Labute approximate surface area is 149 Å². The molecule has 7 nitrogen and oxygen atoms in total. The van der Waals surface area contributed by atoms with E-state index in [1.54, 1.807) is 9.58 Å². The molecule has 0 saturated carbocycles. The largest absolute Gasteiger partial charge is 1.00 e. The minimum Gasteiger partial charge on any atom is -1.00 e. The van der Waals surface area contributed by atoms with Crippen LogP contribution in [-0.4, -0.2) is 65.9 Å². The molecule has 0 bridgehead atoms. The number of quaternary nitrogens is 1. The van der Waals surface area contributed by atoms with E-state index in [0.29, 0.717) is 26.1 Å². The first-order valence-electron chi connectivity index (χ1n) is 8.22. The van der Waals surface area contributed by atoms with Crippen LogP contribution in [0.4, 0.5) is 4.79 Å². The smallest absolute Gasteiger partial charge is 0.410 e. The SMILES string of the molecule is CCOC(=O)N1CC[NH+](CCC(=O)c2c(C)nn(C)c2C)CC1.[Cl-]. The summed E-state index contributed by atoms with van der Waals surface area (Å²) in [6, 6.07) is 0. The Bertz CT molecular complexity index is 580. The van der Waals surface area contributed by atoms with Crippen molar-refractivity contribution < 1.29 is 31.6 Å². The van der Waals surface area contributed by atoms with Crippen molar-refractivity contribution in [3.05, 3.63) is 17.0 Å². The maximum absolute atomic E-state index is 12.4. The zero-order chi connectivity index (χ0) is 17.0. The number of nitrogens with one attached hydrogen (secondary N) is 1. The highest BCUT2D eigenvalue weighted by atomic mass is 35.5. The molecular formula is C16H27ClN4O3. The molecule has 2 rings (SSSR count). The van der Waals surface area contributed by atoms with Gasteiger partial charge >= 0.3 is 6.09 Å². The fraction of sp³-hybridized carbons (Fsp3) is 0.688. The zero-order valence-electron chi connectivity index (χ0n) is 14.9. The number of piperazine rings is 1. The van der Waals surface area contributed by atoms with Gasteiger partial charge in [-0.05, 0) is 20.8 Å². The number of Topliss-reactive ketones (excluding diaryl/α,β-unsaturated/α-hetero) is 1. The lowest BCUT2D eigenvalue weighted by Crippen LogP contribution is -3.14. The molecule has 0 radical (unpaired) electrons. The average Bonchev–Trinajstić information content (AvgIpc) is 2.78. The molecule has 8 heteroatoms. The van der Waals surface area contributed by atoms with E-state index in [-0.39, 0.29) is 24.3 Å². The van der Waals surface area contributed by atoms with Gasteiger partial charge in [-0.25, -0.2) is 4.79 Å². The van der Waals surface area contributed by atoms with E-state index in [1.165, 1.54) is 4.90 Å². The molecule has 0 aliphatic carbocycles. The molecule has 1 fully saturated rings. The third-order valence-electron chi connectivity index (χ3n) is 4.49. The fourth-order valence-corrected chi connectivity index (χ4v) is 3.06. The average molecular weight is 359 g/mol. The summed E-state index contributed by atoms with van der Waals surface area (Å²) in [7, 11) is 1.86. The standard InChI is InChI=1S/C16H26N4O3.ClH/c1-5-23-16(22)20-10-8-19(9-11-20)7-6-14(21)15-12(2)17-18(4)13(15)3;/h5-11H2,1-4H3;1H. The predicted octanol–water partition coefficient (Wildman–Crippen LogP) is -3.03. The van der Waals surface area contributed by atoms with Gasteiger partial charge in [0, 0.05) is 12.7 Å². The molecule has 24 heavy (non-hydrogen) atoms. The molecule has 0 unspecified atom stereocenters. The first-order valence-corrected chi connectivity index (χ1v) is 8.22. The summed E-state index contributed by atoms with van der Waals surface area (Å²) in [5.74, 6) is 0.161. The Morgan fingerprint density at radius 3 is 2.38 bits per heavy atom. The van der Waals surface area contributed by atoms with Gasteiger partial charge in [-0.15, -0.1) is 0 Å². The quantitative estimate of drug-likeness (QED) is 0.569. The van der Waals surface area contributed by atoms with E-state index < -0.39 is 0 Å². The van der Waals surface area contributed by atoms with Crippen LogP contribution in [0.25, 0.3) is 0 Å². The van der Waals surface area contributed by atoms with Crippen LogP contribution < -0.4 is 17.3 Å². The van der Waals surface area contributed by atoms with Gasteiger partial charge < -0.3 is 22.0 Å². The highest BCUT2D eigenvalue weighted by Crippen LogP contribution is 2.13. The number of ketones is 1. The number of hydrogen-bond donors (Lipinski definition) is 1. The molecular weight excluding hydrogens is 332 g/mol. The monoisotopic (exact) mass is 358 g/mol. The van der Waals surface area contributed by atoms with Crippen molar-refractivity contribution >= 4 is 11.9 Å². The first kappa shape index (κ1) is 20.4. The summed E-state index contributed by atoms with van der Waals surface area (Å²) < 4.78 is 6.77. The number of hydrogen-bond acceptors (Lipinski definition) is 4. The van der Waals surface area contributed by atoms with Crippen LogP contribution in [0.3, 0.4) is 0 Å². The van der Waals surface area contributed by atoms with Gasteiger partial charge in [0.05, 0.1) is 57.0 Å². The number of halogens is 1. The Morgan fingerprint density at radius 2 is 1.88 bits per heavy atom. The normalized spacial score (nSPS) is 15.1. The van der Waals surface area contributed by atoms with Crippen LogP contribution in [0.1, 0.15) is 35.1 Å². The van der Waals surface area contributed by atoms with Crippen molar-refractivity contribution in [3.8, 4) is 0 Å². The number of ether oxygens (including phenoxy) is 1.